The van der Waals surface area contributed by atoms with Crippen molar-refractivity contribution in [3.05, 3.63) is 12.7 Å². The first-order chi connectivity index (χ1) is 21.8. The van der Waals surface area contributed by atoms with E-state index in [2.05, 4.69) is 27.8 Å². The molecule has 2 aliphatic rings. The van der Waals surface area contributed by atoms with Gasteiger partial charge in [0.25, 0.3) is 5.91 Å². The zero-order valence-corrected chi connectivity index (χ0v) is 30.2. The lowest BCUT2D eigenvalue weighted by Crippen LogP contribution is -2.62. The van der Waals surface area contributed by atoms with E-state index in [0.717, 1.165) is 12.8 Å². The van der Waals surface area contributed by atoms with Gasteiger partial charge in [0, 0.05) is 32.6 Å². The summed E-state index contributed by atoms with van der Waals surface area (Å²) < 4.78 is 0. The second kappa shape index (κ2) is 17.1. The van der Waals surface area contributed by atoms with E-state index in [9.17, 15) is 28.8 Å². The number of rotatable bonds is 15. The van der Waals surface area contributed by atoms with Crippen LogP contribution in [-0.4, -0.2) is 95.6 Å². The average Bonchev–Trinajstić information content (AvgIpc) is 3.61. The molecule has 4 N–H and O–H groups in total. The van der Waals surface area contributed by atoms with Gasteiger partial charge in [-0.25, -0.2) is 4.79 Å². The number of amides is 6. The molecule has 5 atom stereocenters. The lowest BCUT2D eigenvalue weighted by molar-refractivity contribution is -0.144. The van der Waals surface area contributed by atoms with E-state index in [0.29, 0.717) is 45.3 Å². The summed E-state index contributed by atoms with van der Waals surface area (Å²) in [4.78, 5) is 83.1. The molecule has 1 unspecified atom stereocenters. The fourth-order valence-corrected chi connectivity index (χ4v) is 6.24. The zero-order valence-electron chi connectivity index (χ0n) is 30.2. The Bertz CT molecular complexity index is 1160. The smallest absolute Gasteiger partial charge is 0.315 e. The first-order valence-electron chi connectivity index (χ1n) is 17.2. The molecule has 2 rings (SSSR count). The number of Topliss-reactive ketones (excluding diaryl/α,β-unsaturated/α-hetero) is 1. The third kappa shape index (κ3) is 11.1. The van der Waals surface area contributed by atoms with Gasteiger partial charge in [-0.2, -0.15) is 0 Å². The molecule has 12 heteroatoms. The molecule has 0 aliphatic carbocycles. The number of urea groups is 1. The van der Waals surface area contributed by atoms with E-state index in [4.69, 9.17) is 0 Å². The molecule has 266 valence electrons. The summed E-state index contributed by atoms with van der Waals surface area (Å²) in [6.07, 6.45) is 5.02. The Morgan fingerprint density at radius 3 is 2.15 bits per heavy atom. The summed E-state index contributed by atoms with van der Waals surface area (Å²) in [7, 11) is 0. The Labute approximate surface area is 281 Å². The monoisotopic (exact) mass is 660 g/mol. The number of carbonyl (C=O) groups is 6. The highest BCUT2D eigenvalue weighted by Gasteiger charge is 2.48. The van der Waals surface area contributed by atoms with Crippen molar-refractivity contribution in [2.45, 2.75) is 125 Å². The first-order valence-corrected chi connectivity index (χ1v) is 17.2. The summed E-state index contributed by atoms with van der Waals surface area (Å²) in [6.45, 7) is 22.5. The van der Waals surface area contributed by atoms with Crippen molar-refractivity contribution in [3.8, 4) is 0 Å². The molecule has 0 saturated carbocycles. The highest BCUT2D eigenvalue weighted by atomic mass is 16.2. The Hall–Kier alpha value is -3.44. The maximum Gasteiger partial charge on any atom is 0.315 e. The van der Waals surface area contributed by atoms with Crippen molar-refractivity contribution in [2.75, 3.05) is 26.2 Å². The molecular formula is C35H60N6O6. The van der Waals surface area contributed by atoms with Gasteiger partial charge in [-0.3, -0.25) is 24.0 Å². The Morgan fingerprint density at radius 1 is 0.979 bits per heavy atom. The molecule has 2 fully saturated rings. The summed E-state index contributed by atoms with van der Waals surface area (Å²) in [5, 5.41) is 11.2. The Morgan fingerprint density at radius 2 is 1.64 bits per heavy atom. The van der Waals surface area contributed by atoms with E-state index >= 15 is 0 Å². The molecule has 47 heavy (non-hydrogen) atoms. The van der Waals surface area contributed by atoms with Gasteiger partial charge in [0.2, 0.25) is 23.5 Å². The predicted octanol–water partition coefficient (Wildman–Crippen LogP) is 3.16. The van der Waals surface area contributed by atoms with Gasteiger partial charge in [0.15, 0.2) is 0 Å². The minimum atomic E-state index is -1.03. The fraction of sp³-hybridized carbons (Fsp3) is 0.771. The molecule has 12 nitrogen and oxygen atoms in total. The van der Waals surface area contributed by atoms with Crippen LogP contribution in [-0.2, 0) is 24.0 Å². The molecule has 0 radical (unpaired) electrons. The molecule has 6 amide bonds. The molecule has 0 spiro atoms. The van der Waals surface area contributed by atoms with E-state index < -0.39 is 53.1 Å². The number of hydrogen-bond donors (Lipinski definition) is 4. The number of ketones is 1. The molecule has 0 aromatic carbocycles. The van der Waals surface area contributed by atoms with Crippen LogP contribution in [0.25, 0.3) is 0 Å². The van der Waals surface area contributed by atoms with Gasteiger partial charge in [-0.15, -0.1) is 6.58 Å². The zero-order chi connectivity index (χ0) is 35.7. The minimum absolute atomic E-state index is 0.0504. The van der Waals surface area contributed by atoms with Crippen LogP contribution in [0.4, 0.5) is 4.79 Å². The third-order valence-corrected chi connectivity index (χ3v) is 9.28. The van der Waals surface area contributed by atoms with Crippen LogP contribution in [0.15, 0.2) is 12.7 Å². The SMILES string of the molecule is C=CCNC(=O)C(=O)C(CCCC)NC(=O)[C@@H]1[C@@H](C(C)C)CCN1C(=O)[C@@H](NC(=O)N[C@H](CN1CCCC1=O)C(C)(C)C)C(C)(C)C. The van der Waals surface area contributed by atoms with Crippen molar-refractivity contribution in [1.82, 2.24) is 31.1 Å². The quantitative estimate of drug-likeness (QED) is 0.156. The van der Waals surface area contributed by atoms with Crippen LogP contribution in [0.3, 0.4) is 0 Å². The maximum absolute atomic E-state index is 14.3. The summed E-state index contributed by atoms with van der Waals surface area (Å²) >= 11 is 0. The van der Waals surface area contributed by atoms with Crippen molar-refractivity contribution < 1.29 is 28.8 Å². The highest BCUT2D eigenvalue weighted by Crippen LogP contribution is 2.33. The molecular weight excluding hydrogens is 600 g/mol. The summed E-state index contributed by atoms with van der Waals surface area (Å²) in [5.41, 5.74) is -1.07. The highest BCUT2D eigenvalue weighted by molar-refractivity contribution is 6.38. The maximum atomic E-state index is 14.3. The number of nitrogens with one attached hydrogen (secondary N) is 4. The van der Waals surface area contributed by atoms with Crippen LogP contribution >= 0.6 is 0 Å². The van der Waals surface area contributed by atoms with Crippen LogP contribution in [0.1, 0.15) is 101 Å². The van der Waals surface area contributed by atoms with Crippen LogP contribution < -0.4 is 21.3 Å². The number of unbranched alkanes of at least 4 members (excludes halogenated alkanes) is 1. The topological polar surface area (TPSA) is 157 Å². The molecule has 2 saturated heterocycles. The minimum Gasteiger partial charge on any atom is -0.346 e. The van der Waals surface area contributed by atoms with E-state index in [-0.39, 0.29) is 35.7 Å². The van der Waals surface area contributed by atoms with Crippen LogP contribution in [0.2, 0.25) is 0 Å². The van der Waals surface area contributed by atoms with E-state index in [1.54, 1.807) is 4.90 Å². The van der Waals surface area contributed by atoms with Crippen LogP contribution in [0.5, 0.6) is 0 Å². The van der Waals surface area contributed by atoms with Crippen molar-refractivity contribution in [1.29, 1.82) is 0 Å². The molecule has 2 aliphatic heterocycles. The molecule has 0 bridgehead atoms. The van der Waals surface area contributed by atoms with Crippen molar-refractivity contribution >= 4 is 35.4 Å². The lowest BCUT2D eigenvalue weighted by atomic mass is 9.84. The standard InChI is InChI=1S/C35H60N6O6/c1-11-13-15-24(28(43)31(45)36-18-12-2)37-30(44)27-23(22(3)4)17-20-41(27)32(46)29(35(8,9)10)39-33(47)38-25(34(5,6)7)21-40-19-14-16-26(40)42/h12,22-25,27,29H,2,11,13-21H2,1,3-10H3,(H,36,45)(H,37,44)(H2,38,39,47)/t23-,24?,25-,27+,29-/m1/s1. The first kappa shape index (κ1) is 39.7. The largest absolute Gasteiger partial charge is 0.346 e. The van der Waals surface area contributed by atoms with Gasteiger partial charge in [0.05, 0.1) is 12.1 Å². The van der Waals surface area contributed by atoms with Gasteiger partial charge in [-0.05, 0) is 41.9 Å². The van der Waals surface area contributed by atoms with Crippen molar-refractivity contribution in [2.24, 2.45) is 22.7 Å². The molecule has 2 heterocycles. The summed E-state index contributed by atoms with van der Waals surface area (Å²) in [6, 6.07) is -3.77. The van der Waals surface area contributed by atoms with Gasteiger partial charge in [-0.1, -0.05) is 81.2 Å². The number of carbonyl (C=O) groups excluding carboxylic acids is 6. The average molecular weight is 661 g/mol. The predicted molar refractivity (Wildman–Crippen MR) is 182 cm³/mol. The molecule has 0 aromatic heterocycles. The Kier molecular flexibility index (Phi) is 14.5. The molecule has 0 aromatic rings. The van der Waals surface area contributed by atoms with E-state index in [1.807, 2.05) is 62.3 Å². The second-order valence-electron chi connectivity index (χ2n) is 15.5. The number of hydrogen-bond acceptors (Lipinski definition) is 6. The number of nitrogens with zero attached hydrogens (tertiary/aromatic N) is 2. The van der Waals surface area contributed by atoms with E-state index in [1.165, 1.54) is 11.0 Å². The second-order valence-corrected chi connectivity index (χ2v) is 15.5. The van der Waals surface area contributed by atoms with Gasteiger partial charge in [0.1, 0.15) is 12.1 Å². The normalized spacial score (nSPS) is 20.4. The number of likely N-dealkylation sites (tertiary alicyclic amines) is 2. The van der Waals surface area contributed by atoms with Crippen LogP contribution in [0, 0.1) is 22.7 Å². The van der Waals surface area contributed by atoms with Crippen molar-refractivity contribution in [3.63, 3.8) is 0 Å². The van der Waals surface area contributed by atoms with Gasteiger partial charge < -0.3 is 31.1 Å². The lowest BCUT2D eigenvalue weighted by Gasteiger charge is -2.38. The fourth-order valence-electron chi connectivity index (χ4n) is 6.24. The Balaban J connectivity index is 2.32. The third-order valence-electron chi connectivity index (χ3n) is 9.28. The summed E-state index contributed by atoms with van der Waals surface area (Å²) in [5.74, 6) is -2.47. The van der Waals surface area contributed by atoms with Gasteiger partial charge >= 0.3 is 6.03 Å².